The highest BCUT2D eigenvalue weighted by molar-refractivity contribution is 6.06. The van der Waals surface area contributed by atoms with Crippen LogP contribution in [0.3, 0.4) is 0 Å². The SMILES string of the molecule is CNC(C)CNC(=O)c1cc(C)nc2n[nH]c(C)c12. The van der Waals surface area contributed by atoms with Crippen LogP contribution in [0.15, 0.2) is 6.07 Å². The monoisotopic (exact) mass is 261 g/mol. The van der Waals surface area contributed by atoms with Gasteiger partial charge >= 0.3 is 0 Å². The van der Waals surface area contributed by atoms with E-state index in [4.69, 9.17) is 0 Å². The number of carbonyl (C=O) groups excluding carboxylic acids is 1. The Morgan fingerprint density at radius 1 is 1.47 bits per heavy atom. The predicted octanol–water partition coefficient (Wildman–Crippen LogP) is 0.912. The minimum absolute atomic E-state index is 0.0953. The zero-order valence-electron chi connectivity index (χ0n) is 11.7. The van der Waals surface area contributed by atoms with Gasteiger partial charge in [-0.3, -0.25) is 9.89 Å². The van der Waals surface area contributed by atoms with E-state index in [0.717, 1.165) is 16.8 Å². The van der Waals surface area contributed by atoms with Crippen LogP contribution in [-0.2, 0) is 0 Å². The molecule has 0 saturated heterocycles. The van der Waals surface area contributed by atoms with Crippen LogP contribution >= 0.6 is 0 Å². The highest BCUT2D eigenvalue weighted by atomic mass is 16.1. The van der Waals surface area contributed by atoms with Gasteiger partial charge in [0.1, 0.15) is 0 Å². The van der Waals surface area contributed by atoms with Crippen molar-refractivity contribution in [1.29, 1.82) is 0 Å². The maximum Gasteiger partial charge on any atom is 0.252 e. The number of fused-ring (bicyclic) bond motifs is 1. The number of amides is 1. The Kier molecular flexibility index (Phi) is 3.80. The van der Waals surface area contributed by atoms with E-state index in [1.54, 1.807) is 6.07 Å². The van der Waals surface area contributed by atoms with Crippen LogP contribution in [-0.4, -0.2) is 40.7 Å². The van der Waals surface area contributed by atoms with Crippen molar-refractivity contribution < 1.29 is 4.79 Å². The Bertz CT molecular complexity index is 604. The number of nitrogens with zero attached hydrogens (tertiary/aromatic N) is 2. The molecule has 2 heterocycles. The van der Waals surface area contributed by atoms with Crippen LogP contribution in [0.4, 0.5) is 0 Å². The van der Waals surface area contributed by atoms with Gasteiger partial charge in [0.05, 0.1) is 10.9 Å². The fourth-order valence-corrected chi connectivity index (χ4v) is 1.92. The molecule has 1 amide bonds. The van der Waals surface area contributed by atoms with E-state index in [1.807, 2.05) is 27.8 Å². The van der Waals surface area contributed by atoms with Gasteiger partial charge in [0, 0.05) is 24.0 Å². The molecule has 102 valence electrons. The standard InChI is InChI=1S/C13H19N5O/c1-7-5-10(13(19)15-6-8(2)14-4)11-9(3)17-18-12(11)16-7/h5,8,14H,6H2,1-4H3,(H,15,19)(H,16,17,18). The molecule has 0 aromatic carbocycles. The number of hydrogen-bond donors (Lipinski definition) is 3. The molecule has 2 aromatic rings. The number of aromatic amines is 1. The molecule has 6 nitrogen and oxygen atoms in total. The van der Waals surface area contributed by atoms with E-state index in [1.165, 1.54) is 0 Å². The highest BCUT2D eigenvalue weighted by Crippen LogP contribution is 2.19. The second-order valence-electron chi connectivity index (χ2n) is 4.76. The summed E-state index contributed by atoms with van der Waals surface area (Å²) in [5, 5.41) is 13.8. The third-order valence-corrected chi connectivity index (χ3v) is 3.14. The number of hydrogen-bond acceptors (Lipinski definition) is 4. The fourth-order valence-electron chi connectivity index (χ4n) is 1.92. The molecule has 1 atom stereocenters. The first-order chi connectivity index (χ1) is 9.02. The van der Waals surface area contributed by atoms with E-state index >= 15 is 0 Å². The lowest BCUT2D eigenvalue weighted by molar-refractivity contribution is 0.0952. The summed E-state index contributed by atoms with van der Waals surface area (Å²) in [6.07, 6.45) is 0. The summed E-state index contributed by atoms with van der Waals surface area (Å²) < 4.78 is 0. The summed E-state index contributed by atoms with van der Waals surface area (Å²) in [5.74, 6) is -0.0953. The van der Waals surface area contributed by atoms with Crippen molar-refractivity contribution in [3.05, 3.63) is 23.0 Å². The van der Waals surface area contributed by atoms with Crippen molar-refractivity contribution in [2.75, 3.05) is 13.6 Å². The molecule has 1 unspecified atom stereocenters. The molecular weight excluding hydrogens is 242 g/mol. The highest BCUT2D eigenvalue weighted by Gasteiger charge is 2.16. The molecular formula is C13H19N5O. The first kappa shape index (κ1) is 13.5. The molecule has 0 aliphatic heterocycles. The molecule has 0 bridgehead atoms. The minimum atomic E-state index is -0.0953. The van der Waals surface area contributed by atoms with Gasteiger partial charge in [-0.15, -0.1) is 0 Å². The van der Waals surface area contributed by atoms with Gasteiger partial charge in [0.25, 0.3) is 5.91 Å². The smallest absolute Gasteiger partial charge is 0.252 e. The third-order valence-electron chi connectivity index (χ3n) is 3.14. The third kappa shape index (κ3) is 2.73. The maximum atomic E-state index is 12.3. The molecule has 6 heteroatoms. The van der Waals surface area contributed by atoms with Crippen LogP contribution in [0.25, 0.3) is 11.0 Å². The summed E-state index contributed by atoms with van der Waals surface area (Å²) in [7, 11) is 1.87. The number of pyridine rings is 1. The molecule has 0 spiro atoms. The fraction of sp³-hybridized carbons (Fsp3) is 0.462. The largest absolute Gasteiger partial charge is 0.350 e. The van der Waals surface area contributed by atoms with Gasteiger partial charge < -0.3 is 10.6 Å². The van der Waals surface area contributed by atoms with E-state index in [2.05, 4.69) is 25.8 Å². The lowest BCUT2D eigenvalue weighted by Crippen LogP contribution is -2.37. The number of carbonyl (C=O) groups is 1. The number of likely N-dealkylation sites (N-methyl/N-ethyl adjacent to an activating group) is 1. The Balaban J connectivity index is 2.33. The number of aryl methyl sites for hydroxylation is 2. The van der Waals surface area contributed by atoms with E-state index in [9.17, 15) is 4.79 Å². The van der Waals surface area contributed by atoms with Crippen LogP contribution < -0.4 is 10.6 Å². The van der Waals surface area contributed by atoms with Crippen LogP contribution in [0, 0.1) is 13.8 Å². The average Bonchev–Trinajstić information content (AvgIpc) is 2.76. The summed E-state index contributed by atoms with van der Waals surface area (Å²) in [4.78, 5) is 16.6. The van der Waals surface area contributed by atoms with Crippen LogP contribution in [0.1, 0.15) is 28.7 Å². The van der Waals surface area contributed by atoms with Gasteiger partial charge in [-0.25, -0.2) is 4.98 Å². The summed E-state index contributed by atoms with van der Waals surface area (Å²) >= 11 is 0. The molecule has 0 saturated carbocycles. The lowest BCUT2D eigenvalue weighted by atomic mass is 10.1. The van der Waals surface area contributed by atoms with Crippen LogP contribution in [0.2, 0.25) is 0 Å². The number of nitrogens with one attached hydrogen (secondary N) is 3. The summed E-state index contributed by atoms with van der Waals surface area (Å²) in [5.41, 5.74) is 2.85. The molecule has 2 aromatic heterocycles. The van der Waals surface area contributed by atoms with Crippen molar-refractivity contribution in [3.63, 3.8) is 0 Å². The topological polar surface area (TPSA) is 82.7 Å². The normalized spacial score (nSPS) is 12.6. The van der Waals surface area contributed by atoms with E-state index in [0.29, 0.717) is 17.8 Å². The van der Waals surface area contributed by atoms with Crippen LogP contribution in [0.5, 0.6) is 0 Å². The van der Waals surface area contributed by atoms with Crippen molar-refractivity contribution >= 4 is 16.9 Å². The molecule has 0 radical (unpaired) electrons. The maximum absolute atomic E-state index is 12.3. The predicted molar refractivity (Wildman–Crippen MR) is 74.2 cm³/mol. The second-order valence-corrected chi connectivity index (χ2v) is 4.76. The Morgan fingerprint density at radius 2 is 2.21 bits per heavy atom. The number of aromatic nitrogens is 3. The van der Waals surface area contributed by atoms with Gasteiger partial charge in [-0.2, -0.15) is 5.10 Å². The van der Waals surface area contributed by atoms with Crippen molar-refractivity contribution in [2.45, 2.75) is 26.8 Å². The van der Waals surface area contributed by atoms with E-state index in [-0.39, 0.29) is 11.9 Å². The number of rotatable bonds is 4. The first-order valence-corrected chi connectivity index (χ1v) is 6.30. The van der Waals surface area contributed by atoms with Crippen molar-refractivity contribution in [1.82, 2.24) is 25.8 Å². The zero-order chi connectivity index (χ0) is 14.0. The molecule has 2 rings (SSSR count). The molecule has 19 heavy (non-hydrogen) atoms. The van der Waals surface area contributed by atoms with Crippen molar-refractivity contribution in [3.8, 4) is 0 Å². The quantitative estimate of drug-likeness (QED) is 0.764. The Labute approximate surface area is 112 Å². The lowest BCUT2D eigenvalue weighted by Gasteiger charge is -2.12. The number of H-pyrrole nitrogens is 1. The summed E-state index contributed by atoms with van der Waals surface area (Å²) in [6, 6.07) is 2.03. The molecule has 0 aliphatic carbocycles. The Morgan fingerprint density at radius 3 is 2.89 bits per heavy atom. The van der Waals surface area contributed by atoms with Gasteiger partial charge in [-0.1, -0.05) is 0 Å². The zero-order valence-corrected chi connectivity index (χ0v) is 11.7. The van der Waals surface area contributed by atoms with E-state index < -0.39 is 0 Å². The van der Waals surface area contributed by atoms with Crippen molar-refractivity contribution in [2.24, 2.45) is 0 Å². The second kappa shape index (κ2) is 5.36. The Hall–Kier alpha value is -1.95. The van der Waals surface area contributed by atoms with Gasteiger partial charge in [0.15, 0.2) is 5.65 Å². The molecule has 3 N–H and O–H groups in total. The van der Waals surface area contributed by atoms with Gasteiger partial charge in [-0.05, 0) is 33.9 Å². The minimum Gasteiger partial charge on any atom is -0.350 e. The average molecular weight is 261 g/mol. The summed E-state index contributed by atoms with van der Waals surface area (Å²) in [6.45, 7) is 6.33. The van der Waals surface area contributed by atoms with Gasteiger partial charge in [0.2, 0.25) is 0 Å². The molecule has 0 aliphatic rings. The first-order valence-electron chi connectivity index (χ1n) is 6.30. The molecule has 0 fully saturated rings.